The minimum atomic E-state index is -3.77. The van der Waals surface area contributed by atoms with Crippen LogP contribution >= 0.6 is 0 Å². The molecule has 2 fully saturated rings. The topological polar surface area (TPSA) is 96.2 Å². The number of nitrogens with zero attached hydrogens (tertiary/aromatic N) is 4. The number of nitro groups is 1. The van der Waals surface area contributed by atoms with Crippen molar-refractivity contribution in [2.45, 2.75) is 30.2 Å². The van der Waals surface area contributed by atoms with Crippen molar-refractivity contribution in [3.05, 3.63) is 40.5 Å². The third-order valence-corrected chi connectivity index (χ3v) is 8.00. The molecule has 0 N–H and O–H groups in total. The van der Waals surface area contributed by atoms with Gasteiger partial charge in [-0.05, 0) is 31.4 Å². The lowest BCUT2D eigenvalue weighted by Gasteiger charge is -2.40. The van der Waals surface area contributed by atoms with Gasteiger partial charge in [-0.1, -0.05) is 12.2 Å². The zero-order valence-electron chi connectivity index (χ0n) is 17.0. The number of hydrogen-bond donors (Lipinski definition) is 0. The van der Waals surface area contributed by atoms with Crippen molar-refractivity contribution in [1.82, 2.24) is 9.21 Å². The Kier molecular flexibility index (Phi) is 6.37. The summed E-state index contributed by atoms with van der Waals surface area (Å²) in [5.41, 5.74) is 0.329. The molecule has 1 aliphatic carbocycles. The second kappa shape index (κ2) is 9.01. The summed E-state index contributed by atoms with van der Waals surface area (Å²) in [6.45, 7) is 4.21. The maximum atomic E-state index is 12.9. The summed E-state index contributed by atoms with van der Waals surface area (Å²) in [6.07, 6.45) is 8.00. The average molecular weight is 437 g/mol. The molecule has 164 valence electrons. The van der Waals surface area contributed by atoms with E-state index in [0.717, 1.165) is 25.9 Å². The van der Waals surface area contributed by atoms with E-state index >= 15 is 0 Å². The van der Waals surface area contributed by atoms with Crippen molar-refractivity contribution in [2.75, 3.05) is 57.4 Å². The van der Waals surface area contributed by atoms with E-state index in [4.69, 9.17) is 4.74 Å². The summed E-state index contributed by atoms with van der Waals surface area (Å²) in [5.74, 6) is 0. The highest BCUT2D eigenvalue weighted by molar-refractivity contribution is 7.89. The lowest BCUT2D eigenvalue weighted by molar-refractivity contribution is -0.384. The molecule has 2 heterocycles. The van der Waals surface area contributed by atoms with Gasteiger partial charge in [-0.15, -0.1) is 0 Å². The van der Waals surface area contributed by atoms with Gasteiger partial charge in [0.2, 0.25) is 10.0 Å². The third-order valence-electron chi connectivity index (χ3n) is 6.10. The number of morpholine rings is 1. The van der Waals surface area contributed by atoms with E-state index in [9.17, 15) is 18.5 Å². The smallest absolute Gasteiger partial charge is 0.293 e. The minimum Gasteiger partial charge on any atom is -0.379 e. The highest BCUT2D eigenvalue weighted by atomic mass is 32.2. The number of nitro benzene ring substituents is 1. The Labute approximate surface area is 177 Å². The van der Waals surface area contributed by atoms with Gasteiger partial charge in [0.05, 0.1) is 23.0 Å². The fraction of sp³-hybridized carbons (Fsp3) is 0.600. The summed E-state index contributed by atoms with van der Waals surface area (Å²) in [6, 6.07) is 4.73. The summed E-state index contributed by atoms with van der Waals surface area (Å²) in [4.78, 5) is 15.7. The molecule has 1 unspecified atom stereocenters. The molecule has 0 bridgehead atoms. The first-order valence-corrected chi connectivity index (χ1v) is 11.9. The molecule has 1 aromatic carbocycles. The molecule has 1 aromatic rings. The van der Waals surface area contributed by atoms with E-state index in [1.807, 2.05) is 4.90 Å². The van der Waals surface area contributed by atoms with Gasteiger partial charge in [0.1, 0.15) is 5.69 Å². The first kappa shape index (κ1) is 21.2. The largest absolute Gasteiger partial charge is 0.379 e. The van der Waals surface area contributed by atoms with Crippen LogP contribution in [0.5, 0.6) is 0 Å². The predicted octanol–water partition coefficient (Wildman–Crippen LogP) is 1.85. The van der Waals surface area contributed by atoms with E-state index in [0.29, 0.717) is 38.0 Å². The number of ether oxygens (including phenoxy) is 1. The molecule has 9 nitrogen and oxygen atoms in total. The molecule has 0 saturated carbocycles. The second-order valence-electron chi connectivity index (χ2n) is 7.87. The summed E-state index contributed by atoms with van der Waals surface area (Å²) < 4.78 is 32.3. The van der Waals surface area contributed by atoms with Gasteiger partial charge in [-0.2, -0.15) is 4.31 Å². The minimum absolute atomic E-state index is 0.0363. The van der Waals surface area contributed by atoms with Crippen LogP contribution in [0.4, 0.5) is 11.4 Å². The average Bonchev–Trinajstić information content (AvgIpc) is 2.80. The van der Waals surface area contributed by atoms with Gasteiger partial charge in [0.25, 0.3) is 5.69 Å². The molecule has 3 aliphatic rings. The van der Waals surface area contributed by atoms with Crippen LogP contribution in [0.25, 0.3) is 0 Å². The van der Waals surface area contributed by atoms with Crippen molar-refractivity contribution in [3.8, 4) is 0 Å². The molecule has 0 amide bonds. The van der Waals surface area contributed by atoms with Crippen molar-refractivity contribution in [3.63, 3.8) is 0 Å². The van der Waals surface area contributed by atoms with Crippen molar-refractivity contribution < 1.29 is 18.1 Å². The molecule has 10 heteroatoms. The molecule has 1 atom stereocenters. The molecule has 2 aliphatic heterocycles. The van der Waals surface area contributed by atoms with Crippen molar-refractivity contribution >= 4 is 21.4 Å². The number of piperazine rings is 1. The number of sulfonamides is 1. The number of benzene rings is 1. The Morgan fingerprint density at radius 2 is 1.80 bits per heavy atom. The monoisotopic (exact) mass is 436 g/mol. The zero-order chi connectivity index (χ0) is 21.1. The van der Waals surface area contributed by atoms with E-state index in [1.165, 1.54) is 22.9 Å². The van der Waals surface area contributed by atoms with E-state index in [-0.39, 0.29) is 23.7 Å². The number of rotatable bonds is 5. The Hall–Kier alpha value is -2.01. The van der Waals surface area contributed by atoms with Gasteiger partial charge in [0, 0.05) is 51.4 Å². The van der Waals surface area contributed by atoms with Crippen LogP contribution < -0.4 is 4.90 Å². The van der Waals surface area contributed by atoms with Gasteiger partial charge in [-0.25, -0.2) is 8.42 Å². The number of allylic oxidation sites excluding steroid dienone is 1. The van der Waals surface area contributed by atoms with Crippen LogP contribution in [-0.4, -0.2) is 81.1 Å². The highest BCUT2D eigenvalue weighted by Gasteiger charge is 2.31. The summed E-state index contributed by atoms with van der Waals surface area (Å²) in [5, 5.41) is 11.8. The Morgan fingerprint density at radius 3 is 2.43 bits per heavy atom. The normalized spacial score (nSPS) is 24.1. The SMILES string of the molecule is O=[N+]([O-])c1cc(S(=O)(=O)N2CCOCC2)ccc1N1CCN(C2C=CCCC2)CC1. The third kappa shape index (κ3) is 4.36. The molecule has 4 rings (SSSR count). The lowest BCUT2D eigenvalue weighted by atomic mass is 10.0. The standard InChI is InChI=1S/C20H28N4O5S/c25-24(26)20-16-18(30(27,28)23-12-14-29-15-13-23)6-7-19(20)22-10-8-21(9-11-22)17-4-2-1-3-5-17/h2,4,6-7,16-17H,1,3,5,8-15H2. The Bertz CT molecular complexity index is 906. The second-order valence-corrected chi connectivity index (χ2v) is 9.81. The Balaban J connectivity index is 1.52. The number of hydrogen-bond acceptors (Lipinski definition) is 7. The van der Waals surface area contributed by atoms with Gasteiger partial charge < -0.3 is 9.64 Å². The fourth-order valence-corrected chi connectivity index (χ4v) is 5.84. The van der Waals surface area contributed by atoms with E-state index in [2.05, 4.69) is 17.1 Å². The van der Waals surface area contributed by atoms with E-state index in [1.54, 1.807) is 6.07 Å². The summed E-state index contributed by atoms with van der Waals surface area (Å²) >= 11 is 0. The molecular weight excluding hydrogens is 408 g/mol. The molecule has 30 heavy (non-hydrogen) atoms. The Morgan fingerprint density at radius 1 is 1.07 bits per heavy atom. The van der Waals surface area contributed by atoms with Gasteiger partial charge in [-0.3, -0.25) is 15.0 Å². The van der Waals surface area contributed by atoms with Crippen LogP contribution in [0.1, 0.15) is 19.3 Å². The van der Waals surface area contributed by atoms with Crippen LogP contribution in [0.2, 0.25) is 0 Å². The van der Waals surface area contributed by atoms with Crippen LogP contribution in [0.3, 0.4) is 0 Å². The first-order chi connectivity index (χ1) is 14.5. The molecular formula is C20H28N4O5S. The lowest BCUT2D eigenvalue weighted by Crippen LogP contribution is -2.50. The van der Waals surface area contributed by atoms with Crippen LogP contribution in [0.15, 0.2) is 35.2 Å². The van der Waals surface area contributed by atoms with E-state index < -0.39 is 14.9 Å². The molecule has 0 radical (unpaired) electrons. The van der Waals surface area contributed by atoms with Crippen LogP contribution in [0, 0.1) is 10.1 Å². The fourth-order valence-electron chi connectivity index (χ4n) is 4.41. The predicted molar refractivity (Wildman–Crippen MR) is 113 cm³/mol. The van der Waals surface area contributed by atoms with Crippen molar-refractivity contribution in [2.24, 2.45) is 0 Å². The molecule has 0 aromatic heterocycles. The molecule has 0 spiro atoms. The zero-order valence-corrected chi connectivity index (χ0v) is 17.8. The summed E-state index contributed by atoms with van der Waals surface area (Å²) in [7, 11) is -3.77. The maximum absolute atomic E-state index is 12.9. The maximum Gasteiger partial charge on any atom is 0.293 e. The molecule has 2 saturated heterocycles. The number of anilines is 1. The van der Waals surface area contributed by atoms with Crippen LogP contribution in [-0.2, 0) is 14.8 Å². The quantitative estimate of drug-likeness (QED) is 0.395. The van der Waals surface area contributed by atoms with Gasteiger partial charge >= 0.3 is 0 Å². The highest BCUT2D eigenvalue weighted by Crippen LogP contribution is 2.33. The van der Waals surface area contributed by atoms with Gasteiger partial charge in [0.15, 0.2) is 0 Å². The first-order valence-electron chi connectivity index (χ1n) is 10.5. The van der Waals surface area contributed by atoms with Crippen molar-refractivity contribution in [1.29, 1.82) is 0 Å².